The van der Waals surface area contributed by atoms with Crippen LogP contribution in [0.2, 0.25) is 0 Å². The number of rotatable bonds is 7. The lowest BCUT2D eigenvalue weighted by Crippen LogP contribution is -2.38. The molecule has 0 spiro atoms. The number of aliphatic hydroxyl groups is 1. The molecule has 0 unspecified atom stereocenters. The second kappa shape index (κ2) is 10.1. The summed E-state index contributed by atoms with van der Waals surface area (Å²) in [5, 5.41) is 11.0. The van der Waals surface area contributed by atoms with Crippen LogP contribution in [0.1, 0.15) is 23.6 Å². The van der Waals surface area contributed by atoms with Gasteiger partial charge in [-0.05, 0) is 48.4 Å². The Hall–Kier alpha value is -3.23. The first-order valence-corrected chi connectivity index (χ1v) is 11.0. The zero-order chi connectivity index (χ0) is 23.4. The van der Waals surface area contributed by atoms with Crippen molar-refractivity contribution in [1.82, 2.24) is 9.80 Å². The number of hydrogen-bond donors (Lipinski definition) is 1. The van der Waals surface area contributed by atoms with E-state index in [2.05, 4.69) is 4.90 Å². The minimum absolute atomic E-state index is 0.00291. The summed E-state index contributed by atoms with van der Waals surface area (Å²) in [6.07, 6.45) is 0.660. The molecule has 2 heterocycles. The van der Waals surface area contributed by atoms with E-state index in [9.17, 15) is 19.1 Å². The summed E-state index contributed by atoms with van der Waals surface area (Å²) < 4.78 is 24.1. The van der Waals surface area contributed by atoms with Crippen molar-refractivity contribution in [2.24, 2.45) is 0 Å². The first-order valence-electron chi connectivity index (χ1n) is 11.0. The number of morpholine rings is 1. The van der Waals surface area contributed by atoms with Gasteiger partial charge in [0.1, 0.15) is 17.3 Å². The van der Waals surface area contributed by atoms with E-state index in [1.54, 1.807) is 36.4 Å². The van der Waals surface area contributed by atoms with Crippen molar-refractivity contribution < 1.29 is 28.6 Å². The molecule has 174 valence electrons. The van der Waals surface area contributed by atoms with Crippen molar-refractivity contribution in [2.45, 2.75) is 12.5 Å². The summed E-state index contributed by atoms with van der Waals surface area (Å²) in [6.45, 7) is 4.13. The standard InChI is InChI=1S/C25H27FN2O5/c1-32-20-9-5-18(6-10-20)23(29)21-22(17-3-7-19(26)8-4-17)28(25(31)24(21)30)12-2-11-27-13-15-33-16-14-27/h3-10,22,29H,2,11-16H2,1H3/t22-/m1/s1. The van der Waals surface area contributed by atoms with Crippen LogP contribution in [0.4, 0.5) is 4.39 Å². The Labute approximate surface area is 192 Å². The number of nitrogens with zero attached hydrogens (tertiary/aromatic N) is 2. The molecule has 4 rings (SSSR count). The van der Waals surface area contributed by atoms with Crippen LogP contribution in [-0.2, 0) is 14.3 Å². The van der Waals surface area contributed by atoms with Gasteiger partial charge in [0.2, 0.25) is 0 Å². The number of ether oxygens (including phenoxy) is 2. The third-order valence-corrected chi connectivity index (χ3v) is 6.07. The molecule has 2 fully saturated rings. The van der Waals surface area contributed by atoms with E-state index in [1.165, 1.54) is 24.1 Å². The van der Waals surface area contributed by atoms with Crippen molar-refractivity contribution in [1.29, 1.82) is 0 Å². The van der Waals surface area contributed by atoms with Gasteiger partial charge in [0.05, 0.1) is 31.9 Å². The Bertz CT molecular complexity index is 1030. The van der Waals surface area contributed by atoms with Gasteiger partial charge in [0.25, 0.3) is 11.7 Å². The van der Waals surface area contributed by atoms with E-state index in [4.69, 9.17) is 9.47 Å². The maximum absolute atomic E-state index is 13.6. The van der Waals surface area contributed by atoms with Crippen molar-refractivity contribution in [3.63, 3.8) is 0 Å². The van der Waals surface area contributed by atoms with Crippen LogP contribution in [0.15, 0.2) is 54.1 Å². The van der Waals surface area contributed by atoms with Crippen LogP contribution >= 0.6 is 0 Å². The fraction of sp³-hybridized carbons (Fsp3) is 0.360. The fourth-order valence-corrected chi connectivity index (χ4v) is 4.30. The van der Waals surface area contributed by atoms with Gasteiger partial charge >= 0.3 is 0 Å². The smallest absolute Gasteiger partial charge is 0.295 e. The molecule has 0 aliphatic carbocycles. The largest absolute Gasteiger partial charge is 0.507 e. The maximum Gasteiger partial charge on any atom is 0.295 e. The van der Waals surface area contributed by atoms with Crippen molar-refractivity contribution in [3.8, 4) is 5.75 Å². The Morgan fingerprint density at radius 3 is 2.36 bits per heavy atom. The third-order valence-electron chi connectivity index (χ3n) is 6.07. The van der Waals surface area contributed by atoms with Crippen molar-refractivity contribution >= 4 is 17.4 Å². The molecule has 0 aromatic heterocycles. The molecule has 1 atom stereocenters. The normalized spacial score (nSPS) is 20.9. The number of likely N-dealkylation sites (tertiary alicyclic amines) is 1. The van der Waals surface area contributed by atoms with E-state index in [-0.39, 0.29) is 11.3 Å². The molecule has 2 aliphatic rings. The molecule has 0 radical (unpaired) electrons. The Kier molecular flexibility index (Phi) is 7.05. The monoisotopic (exact) mass is 454 g/mol. The molecule has 7 nitrogen and oxygen atoms in total. The number of aliphatic hydroxyl groups excluding tert-OH is 1. The molecule has 0 saturated carbocycles. The predicted molar refractivity (Wildman–Crippen MR) is 120 cm³/mol. The lowest BCUT2D eigenvalue weighted by Gasteiger charge is -2.29. The van der Waals surface area contributed by atoms with E-state index in [1.807, 2.05) is 0 Å². The van der Waals surface area contributed by atoms with Crippen molar-refractivity contribution in [3.05, 3.63) is 71.0 Å². The molecule has 2 saturated heterocycles. The predicted octanol–water partition coefficient (Wildman–Crippen LogP) is 2.98. The highest BCUT2D eigenvalue weighted by Gasteiger charge is 2.45. The minimum atomic E-state index is -0.794. The summed E-state index contributed by atoms with van der Waals surface area (Å²) in [7, 11) is 1.53. The molecule has 8 heteroatoms. The quantitative estimate of drug-likeness (QED) is 0.394. The number of carbonyl (C=O) groups is 2. The van der Waals surface area contributed by atoms with Crippen LogP contribution in [0.25, 0.3) is 5.76 Å². The van der Waals surface area contributed by atoms with Gasteiger partial charge in [-0.15, -0.1) is 0 Å². The molecule has 33 heavy (non-hydrogen) atoms. The topological polar surface area (TPSA) is 79.3 Å². The van der Waals surface area contributed by atoms with Crippen LogP contribution < -0.4 is 4.74 Å². The number of halogens is 1. The number of hydrogen-bond acceptors (Lipinski definition) is 6. The average molecular weight is 454 g/mol. The first-order chi connectivity index (χ1) is 16.0. The van der Waals surface area contributed by atoms with Gasteiger partial charge in [-0.2, -0.15) is 0 Å². The number of carbonyl (C=O) groups excluding carboxylic acids is 2. The highest BCUT2D eigenvalue weighted by Crippen LogP contribution is 2.39. The lowest BCUT2D eigenvalue weighted by molar-refractivity contribution is -0.140. The molecule has 1 N–H and O–H groups in total. The van der Waals surface area contributed by atoms with Gasteiger partial charge in [0, 0.05) is 31.7 Å². The number of benzene rings is 2. The first kappa shape index (κ1) is 22.9. The Morgan fingerprint density at radius 1 is 1.06 bits per heavy atom. The summed E-state index contributed by atoms with van der Waals surface area (Å²) >= 11 is 0. The molecule has 2 aromatic rings. The van der Waals surface area contributed by atoms with Crippen LogP contribution in [0.5, 0.6) is 5.75 Å². The molecule has 2 aromatic carbocycles. The second-order valence-corrected chi connectivity index (χ2v) is 8.08. The number of ketones is 1. The highest BCUT2D eigenvalue weighted by molar-refractivity contribution is 6.46. The lowest BCUT2D eigenvalue weighted by atomic mass is 9.95. The Morgan fingerprint density at radius 2 is 1.73 bits per heavy atom. The number of Topliss-reactive ketones (excluding diaryl/α,β-unsaturated/α-hetero) is 1. The summed E-state index contributed by atoms with van der Waals surface area (Å²) in [5.41, 5.74) is 0.967. The zero-order valence-corrected chi connectivity index (χ0v) is 18.5. The molecule has 0 bridgehead atoms. The minimum Gasteiger partial charge on any atom is -0.507 e. The van der Waals surface area contributed by atoms with Gasteiger partial charge in [-0.25, -0.2) is 4.39 Å². The molecular formula is C25H27FN2O5. The second-order valence-electron chi connectivity index (χ2n) is 8.08. The zero-order valence-electron chi connectivity index (χ0n) is 18.5. The summed E-state index contributed by atoms with van der Waals surface area (Å²) in [5.74, 6) is -1.49. The van der Waals surface area contributed by atoms with Crippen molar-refractivity contribution in [2.75, 3.05) is 46.5 Å². The molecular weight excluding hydrogens is 427 g/mol. The summed E-state index contributed by atoms with van der Waals surface area (Å²) in [4.78, 5) is 29.8. The van der Waals surface area contributed by atoms with Crippen LogP contribution in [0.3, 0.4) is 0 Å². The fourth-order valence-electron chi connectivity index (χ4n) is 4.30. The Balaban J connectivity index is 1.65. The maximum atomic E-state index is 13.6. The van der Waals surface area contributed by atoms with E-state index in [0.717, 1.165) is 19.6 Å². The van der Waals surface area contributed by atoms with E-state index < -0.39 is 23.5 Å². The molecule has 2 aliphatic heterocycles. The van der Waals surface area contributed by atoms with E-state index in [0.29, 0.717) is 43.1 Å². The van der Waals surface area contributed by atoms with Crippen LogP contribution in [0, 0.1) is 5.82 Å². The number of amides is 1. The SMILES string of the molecule is COc1ccc(C(O)=C2C(=O)C(=O)N(CCCN3CCOCC3)[C@@H]2c2ccc(F)cc2)cc1. The van der Waals surface area contributed by atoms with Gasteiger partial charge in [-0.1, -0.05) is 12.1 Å². The number of methoxy groups -OCH3 is 1. The van der Waals surface area contributed by atoms with Crippen LogP contribution in [-0.4, -0.2) is 73.1 Å². The molecule has 1 amide bonds. The third kappa shape index (κ3) is 4.91. The van der Waals surface area contributed by atoms with E-state index >= 15 is 0 Å². The van der Waals surface area contributed by atoms with Gasteiger partial charge in [-0.3, -0.25) is 14.5 Å². The summed E-state index contributed by atoms with van der Waals surface area (Å²) in [6, 6.07) is 11.5. The van der Waals surface area contributed by atoms with Gasteiger partial charge < -0.3 is 19.5 Å². The average Bonchev–Trinajstić information content (AvgIpc) is 3.10. The highest BCUT2D eigenvalue weighted by atomic mass is 19.1. The van der Waals surface area contributed by atoms with Gasteiger partial charge in [0.15, 0.2) is 0 Å².